The fourth-order valence-corrected chi connectivity index (χ4v) is 3.53. The van der Waals surface area contributed by atoms with Crippen LogP contribution in [-0.4, -0.2) is 61.4 Å². The lowest BCUT2D eigenvalue weighted by Gasteiger charge is -2.30. The van der Waals surface area contributed by atoms with Crippen molar-refractivity contribution in [1.82, 2.24) is 4.90 Å². The number of carbonyl (C=O) groups is 1. The Balaban J connectivity index is 1.73. The number of hydrogen-bond acceptors (Lipinski definition) is 5. The molecule has 0 unspecified atom stereocenters. The van der Waals surface area contributed by atoms with Gasteiger partial charge in [0.15, 0.2) is 16.7 Å². The van der Waals surface area contributed by atoms with Crippen LogP contribution in [0.15, 0.2) is 28.1 Å². The largest absolute Gasteiger partial charge is 0.504 e. The van der Waals surface area contributed by atoms with Gasteiger partial charge in [0.05, 0.1) is 45.2 Å². The van der Waals surface area contributed by atoms with E-state index in [4.69, 9.17) is 4.74 Å². The Morgan fingerprint density at radius 1 is 1.39 bits per heavy atom. The Morgan fingerprint density at radius 3 is 2.78 bits per heavy atom. The molecule has 1 aromatic rings. The molecule has 7 heteroatoms. The van der Waals surface area contributed by atoms with Crippen LogP contribution in [0.25, 0.3) is 6.08 Å². The summed E-state index contributed by atoms with van der Waals surface area (Å²) in [4.78, 5) is 20.5. The minimum absolute atomic E-state index is 0.0560. The topological polar surface area (TPSA) is 66.6 Å². The fraction of sp³-hybridized carbons (Fsp3) is 0.375. The number of nitrogens with one attached hydrogen (secondary N) is 1. The second-order valence-electron chi connectivity index (χ2n) is 5.69. The molecule has 0 aromatic heterocycles. The van der Waals surface area contributed by atoms with E-state index >= 15 is 0 Å². The highest BCUT2D eigenvalue weighted by atomic mass is 32.2. The molecular formula is C16H20N3O3S+. The number of amides is 1. The number of phenols is 1. The molecule has 0 saturated carbocycles. The number of methoxy groups -OCH3 is 1. The number of amidine groups is 1. The van der Waals surface area contributed by atoms with Crippen molar-refractivity contribution in [2.45, 2.75) is 0 Å². The van der Waals surface area contributed by atoms with E-state index in [-0.39, 0.29) is 11.7 Å². The van der Waals surface area contributed by atoms with Crippen LogP contribution < -0.4 is 9.64 Å². The van der Waals surface area contributed by atoms with Crippen molar-refractivity contribution in [1.29, 1.82) is 0 Å². The minimum Gasteiger partial charge on any atom is -0.504 e. The molecule has 1 saturated heterocycles. The number of likely N-dealkylation sites (N-methyl/N-ethyl adjacent to an activating group) is 1. The maximum Gasteiger partial charge on any atom is 0.286 e. The van der Waals surface area contributed by atoms with Crippen molar-refractivity contribution < 1.29 is 19.5 Å². The summed E-state index contributed by atoms with van der Waals surface area (Å²) in [5.74, 6) is 0.251. The minimum atomic E-state index is -0.216. The first-order valence-corrected chi connectivity index (χ1v) is 8.34. The molecule has 0 radical (unpaired) electrons. The summed E-state index contributed by atoms with van der Waals surface area (Å²) in [5, 5.41) is 10.6. The summed E-state index contributed by atoms with van der Waals surface area (Å²) in [5.41, 5.74) is 0.749. The van der Waals surface area contributed by atoms with Gasteiger partial charge in [0.1, 0.15) is 0 Å². The van der Waals surface area contributed by atoms with Crippen molar-refractivity contribution in [2.75, 3.05) is 40.3 Å². The monoisotopic (exact) mass is 334 g/mol. The normalized spacial score (nSPS) is 21.0. The SMILES string of the molecule is COc1ccc(/C=C2\SC(N3CC[NH+](C)CC3)=NC2=O)cc1O. The van der Waals surface area contributed by atoms with E-state index < -0.39 is 0 Å². The molecule has 122 valence electrons. The molecule has 1 fully saturated rings. The van der Waals surface area contributed by atoms with Crippen LogP contribution in [0.2, 0.25) is 0 Å². The van der Waals surface area contributed by atoms with Crippen LogP contribution in [0, 0.1) is 0 Å². The number of aromatic hydroxyl groups is 1. The molecule has 0 aliphatic carbocycles. The first kappa shape index (κ1) is 15.9. The third-order valence-corrected chi connectivity index (χ3v) is 5.04. The van der Waals surface area contributed by atoms with Gasteiger partial charge in [0, 0.05) is 0 Å². The molecule has 2 heterocycles. The molecule has 2 aliphatic rings. The van der Waals surface area contributed by atoms with Gasteiger partial charge in [-0.3, -0.25) is 4.79 Å². The maximum absolute atomic E-state index is 12.1. The van der Waals surface area contributed by atoms with Crippen LogP contribution >= 0.6 is 11.8 Å². The van der Waals surface area contributed by atoms with Gasteiger partial charge < -0.3 is 19.6 Å². The zero-order valence-electron chi connectivity index (χ0n) is 13.2. The van der Waals surface area contributed by atoms with Crippen molar-refractivity contribution in [2.24, 2.45) is 4.99 Å². The van der Waals surface area contributed by atoms with Gasteiger partial charge in [-0.2, -0.15) is 4.99 Å². The molecule has 6 nitrogen and oxygen atoms in total. The lowest BCUT2D eigenvalue weighted by atomic mass is 10.2. The van der Waals surface area contributed by atoms with E-state index in [2.05, 4.69) is 16.9 Å². The van der Waals surface area contributed by atoms with Crippen molar-refractivity contribution >= 4 is 28.9 Å². The van der Waals surface area contributed by atoms with Gasteiger partial charge in [-0.05, 0) is 35.5 Å². The highest BCUT2D eigenvalue weighted by Gasteiger charge is 2.28. The number of nitrogens with zero attached hydrogens (tertiary/aromatic N) is 2. The summed E-state index contributed by atoms with van der Waals surface area (Å²) in [7, 11) is 3.68. The van der Waals surface area contributed by atoms with Gasteiger partial charge in [-0.1, -0.05) is 6.07 Å². The van der Waals surface area contributed by atoms with E-state index in [9.17, 15) is 9.90 Å². The van der Waals surface area contributed by atoms with Crippen LogP contribution in [0.5, 0.6) is 11.5 Å². The summed E-state index contributed by atoms with van der Waals surface area (Å²) >= 11 is 1.40. The third-order valence-electron chi connectivity index (χ3n) is 4.00. The number of rotatable bonds is 2. The Bertz CT molecular complexity index is 679. The molecule has 1 aromatic carbocycles. The van der Waals surface area contributed by atoms with Crippen molar-refractivity contribution in [3.8, 4) is 11.5 Å². The van der Waals surface area contributed by atoms with E-state index in [1.807, 2.05) is 0 Å². The van der Waals surface area contributed by atoms with Crippen LogP contribution in [-0.2, 0) is 4.79 Å². The third kappa shape index (κ3) is 3.51. The zero-order chi connectivity index (χ0) is 16.4. The molecule has 0 bridgehead atoms. The summed E-state index contributed by atoms with van der Waals surface area (Å²) in [6.07, 6.45) is 1.75. The Kier molecular flexibility index (Phi) is 4.58. The van der Waals surface area contributed by atoms with Gasteiger partial charge in [-0.15, -0.1) is 0 Å². The standard InChI is InChI=1S/C16H19N3O3S/c1-18-5-7-19(8-6-18)16-17-15(21)14(23-16)10-11-3-4-13(22-2)12(20)9-11/h3-4,9-10,20H,5-8H2,1-2H3/p+1/b14-10-. The lowest BCUT2D eigenvalue weighted by Crippen LogP contribution is -3.12. The molecular weight excluding hydrogens is 314 g/mol. The second-order valence-corrected chi connectivity index (χ2v) is 6.69. The van der Waals surface area contributed by atoms with Crippen LogP contribution in [0.1, 0.15) is 5.56 Å². The number of benzene rings is 1. The second kappa shape index (κ2) is 6.64. The Hall–Kier alpha value is -1.99. The highest BCUT2D eigenvalue weighted by molar-refractivity contribution is 8.18. The number of thioether (sulfide) groups is 1. The number of ether oxygens (including phenoxy) is 1. The number of aliphatic imine (C=N–C) groups is 1. The predicted octanol–water partition coefficient (Wildman–Crippen LogP) is 0.201. The van der Waals surface area contributed by atoms with E-state index in [1.54, 1.807) is 24.3 Å². The van der Waals surface area contributed by atoms with E-state index in [0.717, 1.165) is 36.9 Å². The number of quaternary nitrogens is 1. The summed E-state index contributed by atoms with van der Waals surface area (Å²) in [6, 6.07) is 5.06. The predicted molar refractivity (Wildman–Crippen MR) is 90.9 cm³/mol. The van der Waals surface area contributed by atoms with Gasteiger partial charge in [0.2, 0.25) is 0 Å². The van der Waals surface area contributed by atoms with Gasteiger partial charge in [-0.25, -0.2) is 0 Å². The zero-order valence-corrected chi connectivity index (χ0v) is 14.0. The molecule has 1 amide bonds. The highest BCUT2D eigenvalue weighted by Crippen LogP contribution is 2.32. The molecule has 0 spiro atoms. The maximum atomic E-state index is 12.1. The molecule has 2 aliphatic heterocycles. The fourth-order valence-electron chi connectivity index (χ4n) is 2.56. The number of piperazine rings is 1. The average Bonchev–Trinajstić information content (AvgIpc) is 2.89. The van der Waals surface area contributed by atoms with Gasteiger partial charge >= 0.3 is 0 Å². The number of phenolic OH excluding ortho intramolecular Hbond substituents is 1. The van der Waals surface area contributed by atoms with Crippen molar-refractivity contribution in [3.05, 3.63) is 28.7 Å². The van der Waals surface area contributed by atoms with Gasteiger partial charge in [0.25, 0.3) is 5.91 Å². The smallest absolute Gasteiger partial charge is 0.286 e. The molecule has 3 rings (SSSR count). The van der Waals surface area contributed by atoms with E-state index in [1.165, 1.54) is 23.8 Å². The quantitative estimate of drug-likeness (QED) is 0.757. The molecule has 23 heavy (non-hydrogen) atoms. The first-order chi connectivity index (χ1) is 11.1. The first-order valence-electron chi connectivity index (χ1n) is 7.52. The number of hydrogen-bond donors (Lipinski definition) is 2. The van der Waals surface area contributed by atoms with Crippen LogP contribution in [0.3, 0.4) is 0 Å². The van der Waals surface area contributed by atoms with Crippen LogP contribution in [0.4, 0.5) is 0 Å². The van der Waals surface area contributed by atoms with Crippen molar-refractivity contribution in [3.63, 3.8) is 0 Å². The molecule has 2 N–H and O–H groups in total. The summed E-state index contributed by atoms with van der Waals surface area (Å²) in [6.45, 7) is 3.95. The Morgan fingerprint density at radius 2 is 2.13 bits per heavy atom. The lowest BCUT2D eigenvalue weighted by molar-refractivity contribution is -0.883. The average molecular weight is 334 g/mol. The number of carbonyl (C=O) groups excluding carboxylic acids is 1. The van der Waals surface area contributed by atoms with E-state index in [0.29, 0.717) is 10.7 Å². The molecule has 0 atom stereocenters. The Labute approximate surface area is 139 Å². The summed E-state index contributed by atoms with van der Waals surface area (Å²) < 4.78 is 5.02.